The molecule has 0 saturated heterocycles. The van der Waals surface area contributed by atoms with Gasteiger partial charge in [-0.15, -0.1) is 0 Å². The fourth-order valence-electron chi connectivity index (χ4n) is 3.07. The maximum atomic E-state index is 13.7. The maximum absolute atomic E-state index is 13.7. The number of sulfonamides is 1. The number of ether oxygens (including phenoxy) is 1. The number of halogens is 2. The maximum Gasteiger partial charge on any atom is 0.264 e. The van der Waals surface area contributed by atoms with Gasteiger partial charge in [-0.3, -0.25) is 9.10 Å². The summed E-state index contributed by atoms with van der Waals surface area (Å²) in [7, 11) is -2.55. The summed E-state index contributed by atoms with van der Waals surface area (Å²) in [6.45, 7) is 1.27. The number of hydrogen-bond donors (Lipinski definition) is 1. The molecule has 9 heteroatoms. The molecule has 1 atom stereocenters. The van der Waals surface area contributed by atoms with Gasteiger partial charge in [0.05, 0.1) is 28.8 Å². The molecule has 168 valence electrons. The summed E-state index contributed by atoms with van der Waals surface area (Å²) < 4.78 is 46.3. The van der Waals surface area contributed by atoms with Crippen molar-refractivity contribution in [2.24, 2.45) is 0 Å². The van der Waals surface area contributed by atoms with E-state index >= 15 is 0 Å². The van der Waals surface area contributed by atoms with Crippen molar-refractivity contribution < 1.29 is 22.3 Å². The molecule has 0 fully saturated rings. The molecule has 0 aliphatic rings. The number of benzene rings is 3. The number of rotatable bonds is 8. The lowest BCUT2D eigenvalue weighted by atomic mass is 10.1. The van der Waals surface area contributed by atoms with Gasteiger partial charge in [0.1, 0.15) is 18.1 Å². The lowest BCUT2D eigenvalue weighted by Gasteiger charge is -2.25. The molecule has 0 saturated carbocycles. The third-order valence-corrected chi connectivity index (χ3v) is 6.88. The number of hydrogen-bond acceptors (Lipinski definition) is 4. The van der Waals surface area contributed by atoms with E-state index < -0.39 is 28.3 Å². The van der Waals surface area contributed by atoms with E-state index in [0.717, 1.165) is 15.9 Å². The number of methoxy groups -OCH3 is 1. The van der Waals surface area contributed by atoms with Gasteiger partial charge in [0.15, 0.2) is 0 Å². The van der Waals surface area contributed by atoms with Gasteiger partial charge in [0.2, 0.25) is 5.91 Å². The van der Waals surface area contributed by atoms with Crippen molar-refractivity contribution in [3.8, 4) is 5.75 Å². The van der Waals surface area contributed by atoms with Crippen molar-refractivity contribution >= 4 is 33.2 Å². The molecule has 0 heterocycles. The molecule has 3 rings (SSSR count). The van der Waals surface area contributed by atoms with Crippen molar-refractivity contribution in [3.63, 3.8) is 0 Å². The monoisotopic (exact) mass is 476 g/mol. The zero-order valence-electron chi connectivity index (χ0n) is 17.5. The normalized spacial score (nSPS) is 12.1. The summed E-state index contributed by atoms with van der Waals surface area (Å²) in [4.78, 5) is 12.8. The molecule has 1 amide bonds. The fraction of sp³-hybridized carbons (Fsp3) is 0.174. The SMILES string of the molecule is COc1ccc([C@@H](C)NC(=O)CN(c2ccc(F)c(Cl)c2)S(=O)(=O)c2ccccc2)cc1. The Kier molecular flexibility index (Phi) is 7.37. The summed E-state index contributed by atoms with van der Waals surface area (Å²) >= 11 is 5.87. The highest BCUT2D eigenvalue weighted by molar-refractivity contribution is 7.92. The van der Waals surface area contributed by atoms with Gasteiger partial charge in [-0.2, -0.15) is 0 Å². The average molecular weight is 477 g/mol. The minimum Gasteiger partial charge on any atom is -0.497 e. The van der Waals surface area contributed by atoms with Crippen LogP contribution in [0.5, 0.6) is 5.75 Å². The molecule has 0 bridgehead atoms. The minimum absolute atomic E-state index is 0.00329. The number of carbonyl (C=O) groups excluding carboxylic acids is 1. The third kappa shape index (κ3) is 5.38. The molecule has 0 aliphatic carbocycles. The molecule has 1 N–H and O–H groups in total. The van der Waals surface area contributed by atoms with Crippen molar-refractivity contribution in [3.05, 3.63) is 89.2 Å². The van der Waals surface area contributed by atoms with Gasteiger partial charge >= 0.3 is 0 Å². The van der Waals surface area contributed by atoms with E-state index in [-0.39, 0.29) is 21.6 Å². The topological polar surface area (TPSA) is 75.7 Å². The summed E-state index contributed by atoms with van der Waals surface area (Å²) in [5.74, 6) is -0.543. The van der Waals surface area contributed by atoms with Crippen LogP contribution in [0.15, 0.2) is 77.7 Å². The van der Waals surface area contributed by atoms with E-state index in [0.29, 0.717) is 5.75 Å². The first kappa shape index (κ1) is 23.6. The number of nitrogens with zero attached hydrogens (tertiary/aromatic N) is 1. The predicted molar refractivity (Wildman–Crippen MR) is 122 cm³/mol. The molecule has 0 aliphatic heterocycles. The van der Waals surface area contributed by atoms with Gasteiger partial charge in [-0.05, 0) is 55.0 Å². The van der Waals surface area contributed by atoms with E-state index in [2.05, 4.69) is 5.32 Å². The second-order valence-electron chi connectivity index (χ2n) is 6.99. The quantitative estimate of drug-likeness (QED) is 0.517. The second kappa shape index (κ2) is 10.0. The van der Waals surface area contributed by atoms with Crippen LogP contribution in [-0.4, -0.2) is 28.0 Å². The van der Waals surface area contributed by atoms with Crippen LogP contribution in [0.2, 0.25) is 5.02 Å². The third-order valence-electron chi connectivity index (χ3n) is 4.80. The predicted octanol–water partition coefficient (Wildman–Crippen LogP) is 4.56. The minimum atomic E-state index is -4.11. The molecule has 0 radical (unpaired) electrons. The Bertz CT molecular complexity index is 1190. The molecular formula is C23H22ClFN2O4S. The molecular weight excluding hydrogens is 455 g/mol. The Hall–Kier alpha value is -3.10. The van der Waals surface area contributed by atoms with Crippen LogP contribution in [0.1, 0.15) is 18.5 Å². The second-order valence-corrected chi connectivity index (χ2v) is 9.26. The Morgan fingerprint density at radius 2 is 1.75 bits per heavy atom. The highest BCUT2D eigenvalue weighted by Gasteiger charge is 2.28. The number of anilines is 1. The zero-order chi connectivity index (χ0) is 23.3. The van der Waals surface area contributed by atoms with Crippen LogP contribution < -0.4 is 14.4 Å². The van der Waals surface area contributed by atoms with Crippen molar-refractivity contribution in [2.75, 3.05) is 18.0 Å². The summed E-state index contributed by atoms with van der Waals surface area (Å²) in [6.07, 6.45) is 0. The van der Waals surface area contributed by atoms with Gasteiger partial charge in [-0.25, -0.2) is 12.8 Å². The van der Waals surface area contributed by atoms with Crippen molar-refractivity contribution in [2.45, 2.75) is 17.9 Å². The van der Waals surface area contributed by atoms with Crippen molar-refractivity contribution in [1.82, 2.24) is 5.32 Å². The zero-order valence-corrected chi connectivity index (χ0v) is 19.0. The van der Waals surface area contributed by atoms with Gasteiger partial charge in [-0.1, -0.05) is 41.9 Å². The number of nitrogens with one attached hydrogen (secondary N) is 1. The largest absolute Gasteiger partial charge is 0.497 e. The van der Waals surface area contributed by atoms with Crippen LogP contribution in [0.4, 0.5) is 10.1 Å². The van der Waals surface area contributed by atoms with E-state index in [4.69, 9.17) is 16.3 Å². The van der Waals surface area contributed by atoms with E-state index in [1.54, 1.807) is 44.4 Å². The molecule has 6 nitrogen and oxygen atoms in total. The van der Waals surface area contributed by atoms with E-state index in [1.807, 2.05) is 12.1 Å². The number of amides is 1. The van der Waals surface area contributed by atoms with Gasteiger partial charge in [0, 0.05) is 0 Å². The molecule has 3 aromatic carbocycles. The van der Waals surface area contributed by atoms with Crippen LogP contribution in [0.3, 0.4) is 0 Å². The van der Waals surface area contributed by atoms with E-state index in [1.165, 1.54) is 24.3 Å². The van der Waals surface area contributed by atoms with Crippen LogP contribution in [-0.2, 0) is 14.8 Å². The molecule has 3 aromatic rings. The average Bonchev–Trinajstić information content (AvgIpc) is 2.80. The smallest absolute Gasteiger partial charge is 0.264 e. The molecule has 0 spiro atoms. The lowest BCUT2D eigenvalue weighted by molar-refractivity contribution is -0.120. The summed E-state index contributed by atoms with van der Waals surface area (Å²) in [6, 6.07) is 18.0. The Balaban J connectivity index is 1.88. The van der Waals surface area contributed by atoms with E-state index in [9.17, 15) is 17.6 Å². The highest BCUT2D eigenvalue weighted by atomic mass is 35.5. The first-order chi connectivity index (χ1) is 15.2. The number of carbonyl (C=O) groups is 1. The lowest BCUT2D eigenvalue weighted by Crippen LogP contribution is -2.41. The Morgan fingerprint density at radius 1 is 1.09 bits per heavy atom. The molecule has 0 aromatic heterocycles. The Labute approximate surface area is 191 Å². The summed E-state index contributed by atoms with van der Waals surface area (Å²) in [5.41, 5.74) is 0.897. The van der Waals surface area contributed by atoms with Gasteiger partial charge in [0.25, 0.3) is 10.0 Å². The first-order valence-electron chi connectivity index (χ1n) is 9.68. The molecule has 32 heavy (non-hydrogen) atoms. The van der Waals surface area contributed by atoms with Crippen LogP contribution >= 0.6 is 11.6 Å². The van der Waals surface area contributed by atoms with Crippen molar-refractivity contribution in [1.29, 1.82) is 0 Å². The Morgan fingerprint density at radius 3 is 2.34 bits per heavy atom. The highest BCUT2D eigenvalue weighted by Crippen LogP contribution is 2.28. The first-order valence-corrected chi connectivity index (χ1v) is 11.5. The van der Waals surface area contributed by atoms with Crippen LogP contribution in [0.25, 0.3) is 0 Å². The van der Waals surface area contributed by atoms with Gasteiger partial charge < -0.3 is 10.1 Å². The summed E-state index contributed by atoms with van der Waals surface area (Å²) in [5, 5.41) is 2.54. The standard InChI is InChI=1S/C23H22ClFN2O4S/c1-16(17-8-11-19(31-2)12-9-17)26-23(28)15-27(18-10-13-22(25)21(24)14-18)32(29,30)20-6-4-3-5-7-20/h3-14,16H,15H2,1-2H3,(H,26,28)/t16-/m1/s1. The fourth-order valence-corrected chi connectivity index (χ4v) is 4.68. The molecule has 0 unspecified atom stereocenters. The van der Waals surface area contributed by atoms with Crippen LogP contribution in [0, 0.1) is 5.82 Å².